The van der Waals surface area contributed by atoms with Crippen molar-refractivity contribution in [1.82, 2.24) is 4.98 Å². The summed E-state index contributed by atoms with van der Waals surface area (Å²) in [7, 11) is 0. The van der Waals surface area contributed by atoms with E-state index < -0.39 is 17.4 Å². The van der Waals surface area contributed by atoms with Crippen LogP contribution >= 0.6 is 0 Å². The summed E-state index contributed by atoms with van der Waals surface area (Å²) in [5, 5.41) is 1.96. The maximum atomic E-state index is 12.8. The molecule has 0 aliphatic carbocycles. The standard InChI is InChI=1S/C7H3F2N2O/c8-7(9)4-2-1-3-10-5(4)11-6(7)12/h1,3H,(H,10,11,12). The molecule has 1 radical (unpaired) electrons. The molecule has 0 unspecified atom stereocenters. The second kappa shape index (κ2) is 2.00. The van der Waals surface area contributed by atoms with Gasteiger partial charge in [-0.1, -0.05) is 0 Å². The van der Waals surface area contributed by atoms with Gasteiger partial charge in [-0.2, -0.15) is 8.78 Å². The Labute approximate surface area is 66.4 Å². The number of carbonyl (C=O) groups is 1. The summed E-state index contributed by atoms with van der Waals surface area (Å²) in [6.45, 7) is 0. The Morgan fingerprint density at radius 3 is 3.00 bits per heavy atom. The summed E-state index contributed by atoms with van der Waals surface area (Å²) >= 11 is 0. The van der Waals surface area contributed by atoms with E-state index in [2.05, 4.69) is 11.1 Å². The quantitative estimate of drug-likeness (QED) is 0.627. The monoisotopic (exact) mass is 169 g/mol. The van der Waals surface area contributed by atoms with Crippen molar-refractivity contribution in [2.24, 2.45) is 0 Å². The Kier molecular flexibility index (Phi) is 1.19. The fraction of sp³-hybridized carbons (Fsp3) is 0.143. The second-order valence-corrected chi connectivity index (χ2v) is 2.34. The zero-order chi connectivity index (χ0) is 8.77. The number of halogens is 2. The van der Waals surface area contributed by atoms with E-state index in [1.54, 1.807) is 0 Å². The van der Waals surface area contributed by atoms with Crippen molar-refractivity contribution >= 4 is 11.7 Å². The molecule has 61 valence electrons. The van der Waals surface area contributed by atoms with Crippen LogP contribution in [0.5, 0.6) is 0 Å². The van der Waals surface area contributed by atoms with Crippen LogP contribution in [0.1, 0.15) is 5.56 Å². The van der Waals surface area contributed by atoms with Gasteiger partial charge in [-0.25, -0.2) is 4.98 Å². The first-order valence-electron chi connectivity index (χ1n) is 3.19. The van der Waals surface area contributed by atoms with Gasteiger partial charge in [-0.05, 0) is 12.1 Å². The minimum atomic E-state index is -3.48. The number of hydrogen-bond donors (Lipinski definition) is 1. The van der Waals surface area contributed by atoms with Gasteiger partial charge in [0.2, 0.25) is 0 Å². The smallest absolute Gasteiger partial charge is 0.305 e. The zero-order valence-electron chi connectivity index (χ0n) is 5.77. The number of alkyl halides is 2. The molecule has 1 aromatic heterocycles. The number of amides is 1. The summed E-state index contributed by atoms with van der Waals surface area (Å²) in [6.07, 6.45) is 1.29. The molecule has 2 rings (SSSR count). The molecule has 0 spiro atoms. The number of aromatic nitrogens is 1. The maximum absolute atomic E-state index is 12.8. The Bertz CT molecular complexity index is 351. The number of fused-ring (bicyclic) bond motifs is 1. The fourth-order valence-corrected chi connectivity index (χ4v) is 0.999. The molecule has 1 aliphatic rings. The van der Waals surface area contributed by atoms with Gasteiger partial charge in [0, 0.05) is 6.20 Å². The molecule has 12 heavy (non-hydrogen) atoms. The predicted molar refractivity (Wildman–Crippen MR) is 35.6 cm³/mol. The first-order valence-corrected chi connectivity index (χ1v) is 3.19. The third kappa shape index (κ3) is 0.731. The van der Waals surface area contributed by atoms with Crippen LogP contribution in [-0.4, -0.2) is 10.9 Å². The average molecular weight is 169 g/mol. The highest BCUT2D eigenvalue weighted by Crippen LogP contribution is 2.38. The van der Waals surface area contributed by atoms with E-state index in [9.17, 15) is 13.6 Å². The lowest BCUT2D eigenvalue weighted by molar-refractivity contribution is -0.139. The van der Waals surface area contributed by atoms with E-state index >= 15 is 0 Å². The van der Waals surface area contributed by atoms with Gasteiger partial charge < -0.3 is 5.32 Å². The van der Waals surface area contributed by atoms with Crippen LogP contribution < -0.4 is 5.32 Å². The second-order valence-electron chi connectivity index (χ2n) is 2.34. The Hall–Kier alpha value is -1.52. The Morgan fingerprint density at radius 2 is 2.33 bits per heavy atom. The van der Waals surface area contributed by atoms with E-state index in [1.807, 2.05) is 5.32 Å². The Balaban J connectivity index is 2.63. The maximum Gasteiger partial charge on any atom is 0.354 e. The van der Waals surface area contributed by atoms with Crippen molar-refractivity contribution < 1.29 is 13.6 Å². The summed E-state index contributed by atoms with van der Waals surface area (Å²) in [4.78, 5) is 14.2. The van der Waals surface area contributed by atoms with Crippen LogP contribution in [0.15, 0.2) is 12.3 Å². The minimum absolute atomic E-state index is 0.104. The molecule has 1 aliphatic heterocycles. The van der Waals surface area contributed by atoms with Crippen molar-refractivity contribution in [1.29, 1.82) is 0 Å². The summed E-state index contributed by atoms with van der Waals surface area (Å²) in [5.41, 5.74) is -0.477. The van der Waals surface area contributed by atoms with Gasteiger partial charge in [-0.3, -0.25) is 4.79 Å². The van der Waals surface area contributed by atoms with E-state index in [0.717, 1.165) is 0 Å². The highest BCUT2D eigenvalue weighted by Gasteiger charge is 2.49. The van der Waals surface area contributed by atoms with Crippen molar-refractivity contribution in [2.75, 3.05) is 5.32 Å². The topological polar surface area (TPSA) is 42.0 Å². The van der Waals surface area contributed by atoms with E-state index in [1.165, 1.54) is 12.3 Å². The van der Waals surface area contributed by atoms with Crippen LogP contribution in [0, 0.1) is 6.07 Å². The normalized spacial score (nSPS) is 18.7. The molecule has 0 saturated carbocycles. The largest absolute Gasteiger partial charge is 0.354 e. The third-order valence-electron chi connectivity index (χ3n) is 1.57. The molecule has 0 bridgehead atoms. The molecule has 1 aromatic rings. The summed E-state index contributed by atoms with van der Waals surface area (Å²) in [5.74, 6) is -4.93. The molecular weight excluding hydrogens is 166 g/mol. The van der Waals surface area contributed by atoms with Gasteiger partial charge >= 0.3 is 11.8 Å². The number of anilines is 1. The van der Waals surface area contributed by atoms with Crippen LogP contribution in [0.3, 0.4) is 0 Å². The molecule has 0 aromatic carbocycles. The first kappa shape index (κ1) is 7.15. The van der Waals surface area contributed by atoms with Gasteiger partial charge in [0.05, 0.1) is 5.56 Å². The van der Waals surface area contributed by atoms with Crippen LogP contribution in [-0.2, 0) is 10.7 Å². The molecule has 5 heteroatoms. The summed E-state index contributed by atoms with van der Waals surface area (Å²) in [6, 6.07) is 3.52. The van der Waals surface area contributed by atoms with Gasteiger partial charge in [-0.15, -0.1) is 0 Å². The highest BCUT2D eigenvalue weighted by atomic mass is 19.3. The van der Waals surface area contributed by atoms with Crippen LogP contribution in [0.25, 0.3) is 0 Å². The van der Waals surface area contributed by atoms with Crippen molar-refractivity contribution in [3.63, 3.8) is 0 Å². The van der Waals surface area contributed by atoms with E-state index in [4.69, 9.17) is 0 Å². The number of hydrogen-bond acceptors (Lipinski definition) is 2. The number of nitrogens with one attached hydrogen (secondary N) is 1. The van der Waals surface area contributed by atoms with Crippen LogP contribution in [0.4, 0.5) is 14.6 Å². The van der Waals surface area contributed by atoms with Gasteiger partial charge in [0.15, 0.2) is 0 Å². The molecule has 0 atom stereocenters. The number of carbonyl (C=O) groups excluding carboxylic acids is 1. The van der Waals surface area contributed by atoms with Crippen LogP contribution in [0.2, 0.25) is 0 Å². The van der Waals surface area contributed by atoms with Crippen molar-refractivity contribution in [3.8, 4) is 0 Å². The third-order valence-corrected chi connectivity index (χ3v) is 1.57. The predicted octanol–water partition coefficient (Wildman–Crippen LogP) is 0.926. The molecule has 1 N–H and O–H groups in total. The van der Waals surface area contributed by atoms with Crippen molar-refractivity contribution in [2.45, 2.75) is 5.92 Å². The lowest BCUT2D eigenvalue weighted by Crippen LogP contribution is -2.23. The molecular formula is C7H3F2N2O. The van der Waals surface area contributed by atoms with E-state index in [-0.39, 0.29) is 5.82 Å². The highest BCUT2D eigenvalue weighted by molar-refractivity contribution is 6.02. The van der Waals surface area contributed by atoms with Gasteiger partial charge in [0.1, 0.15) is 5.82 Å². The SMILES string of the molecule is O=C1Nc2ncc[c]c2C1(F)F. The van der Waals surface area contributed by atoms with E-state index in [0.29, 0.717) is 0 Å². The Morgan fingerprint density at radius 1 is 1.58 bits per heavy atom. The molecule has 3 nitrogen and oxygen atoms in total. The molecule has 0 fully saturated rings. The zero-order valence-corrected chi connectivity index (χ0v) is 5.77. The fourth-order valence-electron chi connectivity index (χ4n) is 0.999. The summed E-state index contributed by atoms with van der Waals surface area (Å²) < 4.78 is 25.7. The molecule has 2 heterocycles. The number of rotatable bonds is 0. The molecule has 0 saturated heterocycles. The lowest BCUT2D eigenvalue weighted by Gasteiger charge is -2.03. The first-order chi connectivity index (χ1) is 5.62. The number of nitrogens with zero attached hydrogens (tertiary/aromatic N) is 1. The lowest BCUT2D eigenvalue weighted by atomic mass is 10.2. The van der Waals surface area contributed by atoms with Gasteiger partial charge in [0.25, 0.3) is 0 Å². The average Bonchev–Trinajstić information content (AvgIpc) is 2.25. The molecule has 1 amide bonds. The number of pyridine rings is 1. The minimum Gasteiger partial charge on any atom is -0.305 e. The van der Waals surface area contributed by atoms with Crippen molar-refractivity contribution in [3.05, 3.63) is 23.9 Å².